The summed E-state index contributed by atoms with van der Waals surface area (Å²) in [4.78, 5) is 11.5. The molecule has 0 radical (unpaired) electrons. The summed E-state index contributed by atoms with van der Waals surface area (Å²) in [5.74, 6) is 0.404. The van der Waals surface area contributed by atoms with Gasteiger partial charge in [0.25, 0.3) is 0 Å². The number of hydrogen-bond acceptors (Lipinski definition) is 3. The maximum atomic E-state index is 11.5. The molecule has 2 heterocycles. The smallest absolute Gasteiger partial charge is 0.225 e. The lowest BCUT2D eigenvalue weighted by Gasteiger charge is -2.27. The fraction of sp³-hybridized carbons (Fsp3) is 0.909. The van der Waals surface area contributed by atoms with E-state index in [0.717, 1.165) is 39.1 Å². The van der Waals surface area contributed by atoms with Crippen molar-refractivity contribution in [2.24, 2.45) is 5.92 Å². The molecule has 1 amide bonds. The van der Waals surface area contributed by atoms with Gasteiger partial charge in [0.2, 0.25) is 5.91 Å². The molecule has 2 rings (SSSR count). The number of amides is 1. The Kier molecular flexibility index (Phi) is 3.97. The molecule has 0 saturated carbocycles. The van der Waals surface area contributed by atoms with Crippen molar-refractivity contribution in [1.29, 1.82) is 0 Å². The highest BCUT2D eigenvalue weighted by molar-refractivity contribution is 5.79. The van der Waals surface area contributed by atoms with Crippen molar-refractivity contribution in [2.45, 2.75) is 31.8 Å². The fourth-order valence-corrected chi connectivity index (χ4v) is 2.01. The lowest BCUT2D eigenvalue weighted by molar-refractivity contribution is -0.126. The zero-order chi connectivity index (χ0) is 10.5. The number of hydrogen-bond donors (Lipinski definition) is 2. The second-order valence-electron chi connectivity index (χ2n) is 4.42. The summed E-state index contributed by atoms with van der Waals surface area (Å²) in [6.45, 7) is 3.34. The van der Waals surface area contributed by atoms with E-state index in [1.165, 1.54) is 12.8 Å². The van der Waals surface area contributed by atoms with E-state index < -0.39 is 0 Å². The van der Waals surface area contributed by atoms with Crippen molar-refractivity contribution in [1.82, 2.24) is 10.6 Å². The summed E-state index contributed by atoms with van der Waals surface area (Å²) in [6.07, 6.45) is 4.95. The van der Waals surface area contributed by atoms with Crippen molar-refractivity contribution in [2.75, 3.05) is 26.2 Å². The van der Waals surface area contributed by atoms with Gasteiger partial charge in [0.15, 0.2) is 0 Å². The van der Waals surface area contributed by atoms with Gasteiger partial charge in [0, 0.05) is 26.2 Å². The van der Waals surface area contributed by atoms with Crippen LogP contribution in [0.1, 0.15) is 25.7 Å². The summed E-state index contributed by atoms with van der Waals surface area (Å²) in [7, 11) is 0. The molecule has 15 heavy (non-hydrogen) atoms. The molecule has 4 nitrogen and oxygen atoms in total. The summed E-state index contributed by atoms with van der Waals surface area (Å²) in [5.41, 5.74) is 0. The molecule has 4 heteroatoms. The van der Waals surface area contributed by atoms with Crippen LogP contribution in [0.3, 0.4) is 0 Å². The second kappa shape index (κ2) is 5.47. The van der Waals surface area contributed by atoms with E-state index in [0.29, 0.717) is 6.10 Å². The third-order valence-electron chi connectivity index (χ3n) is 3.19. The highest BCUT2D eigenvalue weighted by Crippen LogP contribution is 2.14. The van der Waals surface area contributed by atoms with Gasteiger partial charge in [-0.15, -0.1) is 0 Å². The number of carbonyl (C=O) groups is 1. The van der Waals surface area contributed by atoms with Gasteiger partial charge in [-0.3, -0.25) is 4.79 Å². The number of nitrogens with one attached hydrogen (secondary N) is 2. The van der Waals surface area contributed by atoms with Crippen LogP contribution in [0.4, 0.5) is 0 Å². The van der Waals surface area contributed by atoms with Gasteiger partial charge < -0.3 is 15.4 Å². The molecule has 2 aliphatic heterocycles. The third-order valence-corrected chi connectivity index (χ3v) is 3.19. The van der Waals surface area contributed by atoms with Crippen LogP contribution in [0.2, 0.25) is 0 Å². The molecule has 0 aliphatic carbocycles. The Morgan fingerprint density at radius 2 is 2.27 bits per heavy atom. The zero-order valence-corrected chi connectivity index (χ0v) is 9.13. The lowest BCUT2D eigenvalue weighted by atomic mass is 10.0. The molecule has 0 bridgehead atoms. The summed E-state index contributed by atoms with van der Waals surface area (Å²) in [5, 5.41) is 6.07. The van der Waals surface area contributed by atoms with Crippen molar-refractivity contribution < 1.29 is 9.53 Å². The number of rotatable bonds is 4. The summed E-state index contributed by atoms with van der Waals surface area (Å²) >= 11 is 0. The molecule has 2 fully saturated rings. The molecule has 0 aromatic heterocycles. The van der Waals surface area contributed by atoms with Crippen LogP contribution in [0.15, 0.2) is 0 Å². The fourth-order valence-electron chi connectivity index (χ4n) is 2.01. The standard InChI is InChI=1S/C11H20N2O2/c14-11(9-7-12-8-9)13-5-4-10-3-1-2-6-15-10/h9-10,12H,1-8H2,(H,13,14). The number of carbonyl (C=O) groups excluding carboxylic acids is 1. The molecule has 2 aliphatic rings. The minimum atomic E-state index is 0.199. The predicted molar refractivity (Wildman–Crippen MR) is 57.6 cm³/mol. The van der Waals surface area contributed by atoms with Gasteiger partial charge >= 0.3 is 0 Å². The Morgan fingerprint density at radius 1 is 1.40 bits per heavy atom. The Labute approximate surface area is 90.8 Å². The SMILES string of the molecule is O=C(NCCC1CCCCO1)C1CNC1. The van der Waals surface area contributed by atoms with Crippen LogP contribution in [0, 0.1) is 5.92 Å². The van der Waals surface area contributed by atoms with E-state index in [9.17, 15) is 4.79 Å². The van der Waals surface area contributed by atoms with Crippen molar-refractivity contribution in [3.63, 3.8) is 0 Å². The highest BCUT2D eigenvalue weighted by Gasteiger charge is 2.24. The van der Waals surface area contributed by atoms with Gasteiger partial charge in [-0.2, -0.15) is 0 Å². The predicted octanol–water partition coefficient (Wildman–Crippen LogP) is 0.281. The average molecular weight is 212 g/mol. The summed E-state index contributed by atoms with van der Waals surface area (Å²) < 4.78 is 5.60. The Morgan fingerprint density at radius 3 is 2.87 bits per heavy atom. The van der Waals surface area contributed by atoms with Gasteiger partial charge in [0.05, 0.1) is 12.0 Å². The maximum Gasteiger partial charge on any atom is 0.225 e. The van der Waals surface area contributed by atoms with Crippen LogP contribution in [-0.2, 0) is 9.53 Å². The van der Waals surface area contributed by atoms with Gasteiger partial charge in [0.1, 0.15) is 0 Å². The van der Waals surface area contributed by atoms with Crippen LogP contribution < -0.4 is 10.6 Å². The van der Waals surface area contributed by atoms with Gasteiger partial charge in [-0.25, -0.2) is 0 Å². The van der Waals surface area contributed by atoms with E-state index in [-0.39, 0.29) is 11.8 Å². The second-order valence-corrected chi connectivity index (χ2v) is 4.42. The topological polar surface area (TPSA) is 50.4 Å². The molecule has 1 unspecified atom stereocenters. The van der Waals surface area contributed by atoms with Crippen molar-refractivity contribution in [3.05, 3.63) is 0 Å². The quantitative estimate of drug-likeness (QED) is 0.704. The Balaban J connectivity index is 1.55. The van der Waals surface area contributed by atoms with E-state index in [1.54, 1.807) is 0 Å². The normalized spacial score (nSPS) is 27.1. The molecule has 2 saturated heterocycles. The summed E-state index contributed by atoms with van der Waals surface area (Å²) in [6, 6.07) is 0. The molecule has 1 atom stereocenters. The minimum absolute atomic E-state index is 0.199. The van der Waals surface area contributed by atoms with Crippen LogP contribution >= 0.6 is 0 Å². The Bertz CT molecular complexity index is 211. The van der Waals surface area contributed by atoms with E-state index in [4.69, 9.17) is 4.74 Å². The van der Waals surface area contributed by atoms with Crippen LogP contribution in [0.5, 0.6) is 0 Å². The molecular weight excluding hydrogens is 192 g/mol. The van der Waals surface area contributed by atoms with Crippen molar-refractivity contribution in [3.8, 4) is 0 Å². The van der Waals surface area contributed by atoms with E-state index >= 15 is 0 Å². The first-order chi connectivity index (χ1) is 7.36. The van der Waals surface area contributed by atoms with Gasteiger partial charge in [-0.05, 0) is 25.7 Å². The molecule has 0 aromatic carbocycles. The lowest BCUT2D eigenvalue weighted by Crippen LogP contribution is -2.51. The minimum Gasteiger partial charge on any atom is -0.378 e. The van der Waals surface area contributed by atoms with Crippen molar-refractivity contribution >= 4 is 5.91 Å². The third kappa shape index (κ3) is 3.18. The van der Waals surface area contributed by atoms with Crippen LogP contribution in [0.25, 0.3) is 0 Å². The number of ether oxygens (including phenoxy) is 1. The first-order valence-corrected chi connectivity index (χ1v) is 5.96. The van der Waals surface area contributed by atoms with Gasteiger partial charge in [-0.1, -0.05) is 0 Å². The Hall–Kier alpha value is -0.610. The molecule has 86 valence electrons. The molecule has 2 N–H and O–H groups in total. The molecular formula is C11H20N2O2. The molecule has 0 spiro atoms. The van der Waals surface area contributed by atoms with E-state index in [1.807, 2.05) is 0 Å². The van der Waals surface area contributed by atoms with Crippen LogP contribution in [-0.4, -0.2) is 38.3 Å². The van der Waals surface area contributed by atoms with E-state index in [2.05, 4.69) is 10.6 Å². The largest absolute Gasteiger partial charge is 0.378 e. The molecule has 0 aromatic rings. The average Bonchev–Trinajstić information content (AvgIpc) is 2.16. The monoisotopic (exact) mass is 212 g/mol. The highest BCUT2D eigenvalue weighted by atomic mass is 16.5. The zero-order valence-electron chi connectivity index (χ0n) is 9.13. The first kappa shape index (κ1) is 10.9. The maximum absolute atomic E-state index is 11.5. The first-order valence-electron chi connectivity index (χ1n) is 5.96.